The quantitative estimate of drug-likeness (QED) is 0.766. The maximum absolute atomic E-state index is 12.0. The molecule has 0 radical (unpaired) electrons. The summed E-state index contributed by atoms with van der Waals surface area (Å²) in [6, 6.07) is 0. The highest BCUT2D eigenvalue weighted by Crippen LogP contribution is 2.18. The Hall–Kier alpha value is -1.43. The average Bonchev–Trinajstić information content (AvgIpc) is 2.78. The second-order valence-corrected chi connectivity index (χ2v) is 5.54. The zero-order valence-electron chi connectivity index (χ0n) is 11.2. The van der Waals surface area contributed by atoms with Gasteiger partial charge in [-0.2, -0.15) is 0 Å². The van der Waals surface area contributed by atoms with Gasteiger partial charge in [0.25, 0.3) is 0 Å². The summed E-state index contributed by atoms with van der Waals surface area (Å²) in [7, 11) is 0. The molecular formula is C12H20N4O2. The first-order valence-corrected chi connectivity index (χ1v) is 6.23. The lowest BCUT2D eigenvalue weighted by molar-refractivity contribution is -0.136. The summed E-state index contributed by atoms with van der Waals surface area (Å²) >= 11 is 0. The third kappa shape index (κ3) is 3.07. The van der Waals surface area contributed by atoms with Crippen molar-refractivity contribution in [2.45, 2.75) is 32.7 Å². The first kappa shape index (κ1) is 13.0. The van der Waals surface area contributed by atoms with E-state index in [2.05, 4.69) is 31.1 Å². The molecule has 0 aliphatic carbocycles. The molecule has 6 nitrogen and oxygen atoms in total. The molecule has 1 aliphatic rings. The monoisotopic (exact) mass is 252 g/mol. The molecule has 1 amide bonds. The van der Waals surface area contributed by atoms with Gasteiger partial charge in [0, 0.05) is 24.7 Å². The van der Waals surface area contributed by atoms with Crippen LogP contribution in [0.25, 0.3) is 0 Å². The van der Waals surface area contributed by atoms with Crippen molar-refractivity contribution >= 4 is 5.91 Å². The van der Waals surface area contributed by atoms with Crippen LogP contribution < -0.4 is 0 Å². The number of rotatable bonds is 2. The lowest BCUT2D eigenvalue weighted by atomic mass is 9.93. The highest BCUT2D eigenvalue weighted by molar-refractivity contribution is 5.75. The number of carbonyl (C=O) groups excluding carboxylic acids is 1. The van der Waals surface area contributed by atoms with Crippen molar-refractivity contribution in [3.05, 3.63) is 11.9 Å². The summed E-state index contributed by atoms with van der Waals surface area (Å²) in [5.41, 5.74) is 0.859. The van der Waals surface area contributed by atoms with E-state index in [9.17, 15) is 4.79 Å². The second kappa shape index (κ2) is 5.06. The fourth-order valence-corrected chi connectivity index (χ4v) is 1.77. The number of morpholine rings is 1. The molecular weight excluding hydrogens is 232 g/mol. The van der Waals surface area contributed by atoms with Crippen LogP contribution >= 0.6 is 0 Å². The van der Waals surface area contributed by atoms with Gasteiger partial charge >= 0.3 is 0 Å². The number of nitrogens with zero attached hydrogens (tertiary/aromatic N) is 4. The van der Waals surface area contributed by atoms with Crippen molar-refractivity contribution < 1.29 is 9.53 Å². The van der Waals surface area contributed by atoms with Crippen molar-refractivity contribution in [1.29, 1.82) is 0 Å². The van der Waals surface area contributed by atoms with E-state index in [0.717, 1.165) is 5.69 Å². The number of hydrogen-bond donors (Lipinski definition) is 0. The Labute approximate surface area is 107 Å². The molecule has 1 aromatic rings. The third-order valence-corrected chi connectivity index (χ3v) is 2.97. The first-order chi connectivity index (χ1) is 8.47. The molecule has 0 unspecified atom stereocenters. The number of carbonyl (C=O) groups is 1. The predicted octanol–water partition coefficient (Wildman–Crippen LogP) is 0.434. The minimum atomic E-state index is -0.0414. The molecule has 1 saturated heterocycles. The Bertz CT molecular complexity index is 416. The van der Waals surface area contributed by atoms with Gasteiger partial charge in [-0.25, -0.2) is 4.68 Å². The summed E-state index contributed by atoms with van der Waals surface area (Å²) in [5.74, 6) is 0.0728. The van der Waals surface area contributed by atoms with E-state index < -0.39 is 0 Å². The topological polar surface area (TPSA) is 60.2 Å². The lowest BCUT2D eigenvalue weighted by Crippen LogP contribution is -2.42. The van der Waals surface area contributed by atoms with Gasteiger partial charge in [-0.3, -0.25) is 4.79 Å². The zero-order chi connectivity index (χ0) is 13.2. The van der Waals surface area contributed by atoms with E-state index in [1.165, 1.54) is 0 Å². The molecule has 100 valence electrons. The van der Waals surface area contributed by atoms with E-state index in [-0.39, 0.29) is 17.9 Å². The van der Waals surface area contributed by atoms with Gasteiger partial charge in [-0.15, -0.1) is 5.10 Å². The van der Waals surface area contributed by atoms with Crippen LogP contribution in [-0.2, 0) is 21.5 Å². The first-order valence-electron chi connectivity index (χ1n) is 6.23. The van der Waals surface area contributed by atoms with E-state index in [4.69, 9.17) is 4.74 Å². The molecule has 1 fully saturated rings. The summed E-state index contributed by atoms with van der Waals surface area (Å²) in [6.07, 6.45) is 1.85. The fourth-order valence-electron chi connectivity index (χ4n) is 1.77. The van der Waals surface area contributed by atoms with Crippen LogP contribution in [0, 0.1) is 0 Å². The molecule has 0 spiro atoms. The van der Waals surface area contributed by atoms with Gasteiger partial charge in [0.2, 0.25) is 5.91 Å². The largest absolute Gasteiger partial charge is 0.378 e. The van der Waals surface area contributed by atoms with Crippen molar-refractivity contribution in [3.63, 3.8) is 0 Å². The van der Waals surface area contributed by atoms with Crippen molar-refractivity contribution in [2.24, 2.45) is 0 Å². The number of hydrogen-bond acceptors (Lipinski definition) is 4. The standard InChI is InChI=1S/C12H20N4O2/c1-12(2,3)10-8-16(14-13-10)9-11(17)15-4-6-18-7-5-15/h8H,4-7,9H2,1-3H3. The van der Waals surface area contributed by atoms with E-state index in [1.807, 2.05) is 11.1 Å². The normalized spacial score (nSPS) is 16.9. The zero-order valence-corrected chi connectivity index (χ0v) is 11.2. The molecule has 18 heavy (non-hydrogen) atoms. The fraction of sp³-hybridized carbons (Fsp3) is 0.750. The maximum Gasteiger partial charge on any atom is 0.244 e. The smallest absolute Gasteiger partial charge is 0.244 e. The van der Waals surface area contributed by atoms with Gasteiger partial charge in [-0.05, 0) is 0 Å². The van der Waals surface area contributed by atoms with Crippen LogP contribution in [0.4, 0.5) is 0 Å². The predicted molar refractivity (Wildman–Crippen MR) is 66.1 cm³/mol. The second-order valence-electron chi connectivity index (χ2n) is 5.54. The molecule has 0 N–H and O–H groups in total. The van der Waals surface area contributed by atoms with Crippen LogP contribution in [-0.4, -0.2) is 52.1 Å². The van der Waals surface area contributed by atoms with Crippen molar-refractivity contribution in [1.82, 2.24) is 19.9 Å². The molecule has 0 aromatic carbocycles. The molecule has 0 atom stereocenters. The van der Waals surface area contributed by atoms with Gasteiger partial charge in [-0.1, -0.05) is 26.0 Å². The number of ether oxygens (including phenoxy) is 1. The molecule has 2 rings (SSSR count). The highest BCUT2D eigenvalue weighted by atomic mass is 16.5. The third-order valence-electron chi connectivity index (χ3n) is 2.97. The van der Waals surface area contributed by atoms with Crippen LogP contribution in [0.2, 0.25) is 0 Å². The number of aromatic nitrogens is 3. The molecule has 1 aliphatic heterocycles. The Kier molecular flexibility index (Phi) is 3.65. The SMILES string of the molecule is CC(C)(C)c1cn(CC(=O)N2CCOCC2)nn1. The van der Waals surface area contributed by atoms with E-state index in [0.29, 0.717) is 26.3 Å². The minimum Gasteiger partial charge on any atom is -0.378 e. The van der Waals surface area contributed by atoms with Crippen LogP contribution in [0.3, 0.4) is 0 Å². The molecule has 1 aromatic heterocycles. The molecule has 6 heteroatoms. The van der Waals surface area contributed by atoms with Crippen molar-refractivity contribution in [3.8, 4) is 0 Å². The number of amides is 1. The molecule has 0 saturated carbocycles. The highest BCUT2D eigenvalue weighted by Gasteiger charge is 2.20. The molecule has 0 bridgehead atoms. The van der Waals surface area contributed by atoms with Crippen LogP contribution in [0.1, 0.15) is 26.5 Å². The van der Waals surface area contributed by atoms with Gasteiger partial charge < -0.3 is 9.64 Å². The Morgan fingerprint density at radius 1 is 1.39 bits per heavy atom. The summed E-state index contributed by atoms with van der Waals surface area (Å²) in [5, 5.41) is 8.11. The Morgan fingerprint density at radius 2 is 2.06 bits per heavy atom. The van der Waals surface area contributed by atoms with Crippen molar-refractivity contribution in [2.75, 3.05) is 26.3 Å². The van der Waals surface area contributed by atoms with Gasteiger partial charge in [0.1, 0.15) is 6.54 Å². The minimum absolute atomic E-state index is 0.0414. The Balaban J connectivity index is 1.96. The van der Waals surface area contributed by atoms with Crippen LogP contribution in [0.15, 0.2) is 6.20 Å². The average molecular weight is 252 g/mol. The van der Waals surface area contributed by atoms with Gasteiger partial charge in [0.15, 0.2) is 0 Å². The maximum atomic E-state index is 12.0. The summed E-state index contributed by atoms with van der Waals surface area (Å²) in [4.78, 5) is 13.8. The van der Waals surface area contributed by atoms with E-state index >= 15 is 0 Å². The summed E-state index contributed by atoms with van der Waals surface area (Å²) in [6.45, 7) is 9.05. The molecule has 2 heterocycles. The lowest BCUT2D eigenvalue weighted by Gasteiger charge is -2.26. The van der Waals surface area contributed by atoms with Gasteiger partial charge in [0.05, 0.1) is 18.9 Å². The van der Waals surface area contributed by atoms with E-state index in [1.54, 1.807) is 4.68 Å². The van der Waals surface area contributed by atoms with Crippen LogP contribution in [0.5, 0.6) is 0 Å². The summed E-state index contributed by atoms with van der Waals surface area (Å²) < 4.78 is 6.83. The Morgan fingerprint density at radius 3 is 2.61 bits per heavy atom.